The number of urea groups is 1. The molecule has 0 bridgehead atoms. The molecule has 1 saturated heterocycles. The van der Waals surface area contributed by atoms with E-state index in [9.17, 15) is 9.59 Å². The van der Waals surface area contributed by atoms with Gasteiger partial charge in [0.25, 0.3) is 0 Å². The molecule has 0 aromatic heterocycles. The number of nitrogens with zero attached hydrogens (tertiary/aromatic N) is 1. The number of amides is 2. The highest BCUT2D eigenvalue weighted by molar-refractivity contribution is 5.95. The molecule has 0 unspecified atom stereocenters. The SMILES string of the molecule is Cc1cc(C)c(C)c(OC(=O)c2ccc(N3CCNC3=O)cc2)c1. The second kappa shape index (κ2) is 6.35. The largest absolute Gasteiger partial charge is 0.423 e. The Morgan fingerprint density at radius 2 is 1.83 bits per heavy atom. The highest BCUT2D eigenvalue weighted by Crippen LogP contribution is 2.25. The van der Waals surface area contributed by atoms with Gasteiger partial charge in [-0.15, -0.1) is 0 Å². The molecule has 1 heterocycles. The Morgan fingerprint density at radius 1 is 1.12 bits per heavy atom. The number of rotatable bonds is 3. The number of ether oxygens (including phenoxy) is 1. The fourth-order valence-corrected chi connectivity index (χ4v) is 2.76. The van der Waals surface area contributed by atoms with E-state index >= 15 is 0 Å². The van der Waals surface area contributed by atoms with E-state index in [4.69, 9.17) is 4.74 Å². The molecule has 5 nitrogen and oxygen atoms in total. The average Bonchev–Trinajstić information content (AvgIpc) is 2.98. The second-order valence-corrected chi connectivity index (χ2v) is 6.02. The highest BCUT2D eigenvalue weighted by atomic mass is 16.5. The Hall–Kier alpha value is -2.82. The van der Waals surface area contributed by atoms with Crippen molar-refractivity contribution in [1.29, 1.82) is 0 Å². The van der Waals surface area contributed by atoms with Crippen LogP contribution in [-0.4, -0.2) is 25.1 Å². The van der Waals surface area contributed by atoms with Crippen LogP contribution in [0.1, 0.15) is 27.0 Å². The highest BCUT2D eigenvalue weighted by Gasteiger charge is 2.21. The lowest BCUT2D eigenvalue weighted by molar-refractivity contribution is 0.0733. The molecule has 2 aromatic rings. The molecule has 1 aliphatic heterocycles. The molecule has 2 amide bonds. The molecule has 1 aliphatic rings. The summed E-state index contributed by atoms with van der Waals surface area (Å²) in [4.78, 5) is 25.7. The number of nitrogens with one attached hydrogen (secondary N) is 1. The van der Waals surface area contributed by atoms with Gasteiger partial charge in [-0.2, -0.15) is 0 Å². The Kier molecular flexibility index (Phi) is 4.25. The normalized spacial score (nSPS) is 13.8. The quantitative estimate of drug-likeness (QED) is 0.696. The molecule has 0 aliphatic carbocycles. The van der Waals surface area contributed by atoms with E-state index in [2.05, 4.69) is 11.4 Å². The van der Waals surface area contributed by atoms with E-state index in [1.165, 1.54) is 0 Å². The van der Waals surface area contributed by atoms with Crippen molar-refractivity contribution in [2.24, 2.45) is 0 Å². The monoisotopic (exact) mass is 324 g/mol. The molecule has 5 heteroatoms. The topological polar surface area (TPSA) is 58.6 Å². The minimum Gasteiger partial charge on any atom is -0.423 e. The number of anilines is 1. The van der Waals surface area contributed by atoms with Gasteiger partial charge in [-0.05, 0) is 67.8 Å². The Labute approximate surface area is 141 Å². The number of hydrogen-bond donors (Lipinski definition) is 1. The standard InChI is InChI=1S/C19H20N2O3/c1-12-10-13(2)14(3)17(11-12)24-18(22)15-4-6-16(7-5-15)21-9-8-20-19(21)23/h4-7,10-11H,8-9H2,1-3H3,(H,20,23). The molecule has 24 heavy (non-hydrogen) atoms. The lowest BCUT2D eigenvalue weighted by Crippen LogP contribution is -2.27. The smallest absolute Gasteiger partial charge is 0.343 e. The summed E-state index contributed by atoms with van der Waals surface area (Å²) < 4.78 is 5.55. The van der Waals surface area contributed by atoms with Gasteiger partial charge in [0, 0.05) is 18.8 Å². The van der Waals surface area contributed by atoms with Crippen LogP contribution >= 0.6 is 0 Å². The van der Waals surface area contributed by atoms with Crippen molar-refractivity contribution in [3.8, 4) is 5.75 Å². The van der Waals surface area contributed by atoms with Crippen LogP contribution in [0.5, 0.6) is 5.75 Å². The van der Waals surface area contributed by atoms with E-state index < -0.39 is 5.97 Å². The lowest BCUT2D eigenvalue weighted by Gasteiger charge is -2.15. The van der Waals surface area contributed by atoms with Gasteiger partial charge < -0.3 is 10.1 Å². The third-order valence-electron chi connectivity index (χ3n) is 4.24. The van der Waals surface area contributed by atoms with Crippen molar-refractivity contribution < 1.29 is 14.3 Å². The summed E-state index contributed by atoms with van der Waals surface area (Å²) in [7, 11) is 0. The fourth-order valence-electron chi connectivity index (χ4n) is 2.76. The first kappa shape index (κ1) is 16.1. The first-order chi connectivity index (χ1) is 11.5. The fraction of sp³-hybridized carbons (Fsp3) is 0.263. The molecule has 1 N–H and O–H groups in total. The van der Waals surface area contributed by atoms with Crippen molar-refractivity contribution in [2.75, 3.05) is 18.0 Å². The Morgan fingerprint density at radius 3 is 2.46 bits per heavy atom. The molecular formula is C19H20N2O3. The van der Waals surface area contributed by atoms with Gasteiger partial charge in [0.05, 0.1) is 5.56 Å². The number of hydrogen-bond acceptors (Lipinski definition) is 3. The number of aryl methyl sites for hydroxylation is 2. The summed E-state index contributed by atoms with van der Waals surface area (Å²) in [5.41, 5.74) is 4.32. The summed E-state index contributed by atoms with van der Waals surface area (Å²) in [6.07, 6.45) is 0. The maximum atomic E-state index is 12.4. The zero-order chi connectivity index (χ0) is 17.3. The van der Waals surface area contributed by atoms with Gasteiger partial charge in [0.1, 0.15) is 5.75 Å². The van der Waals surface area contributed by atoms with Gasteiger partial charge in [0.2, 0.25) is 0 Å². The van der Waals surface area contributed by atoms with Gasteiger partial charge >= 0.3 is 12.0 Å². The lowest BCUT2D eigenvalue weighted by atomic mass is 10.1. The predicted molar refractivity (Wildman–Crippen MR) is 92.8 cm³/mol. The molecular weight excluding hydrogens is 304 g/mol. The third-order valence-corrected chi connectivity index (χ3v) is 4.24. The maximum Gasteiger partial charge on any atom is 0.343 e. The van der Waals surface area contributed by atoms with E-state index in [0.29, 0.717) is 24.4 Å². The van der Waals surface area contributed by atoms with Crippen molar-refractivity contribution in [1.82, 2.24) is 5.32 Å². The summed E-state index contributed by atoms with van der Waals surface area (Å²) in [5.74, 6) is 0.182. The molecule has 0 atom stereocenters. The second-order valence-electron chi connectivity index (χ2n) is 6.02. The first-order valence-corrected chi connectivity index (χ1v) is 7.91. The Balaban J connectivity index is 1.77. The predicted octanol–water partition coefficient (Wildman–Crippen LogP) is 3.36. The maximum absolute atomic E-state index is 12.4. The van der Waals surface area contributed by atoms with Crippen molar-refractivity contribution >= 4 is 17.7 Å². The number of carbonyl (C=O) groups is 2. The summed E-state index contributed by atoms with van der Waals surface area (Å²) >= 11 is 0. The van der Waals surface area contributed by atoms with E-state index in [1.807, 2.05) is 26.8 Å². The van der Waals surface area contributed by atoms with Crippen LogP contribution in [0.25, 0.3) is 0 Å². The molecule has 0 spiro atoms. The molecule has 0 saturated carbocycles. The zero-order valence-electron chi connectivity index (χ0n) is 14.1. The van der Waals surface area contributed by atoms with Crippen LogP contribution < -0.4 is 15.0 Å². The van der Waals surface area contributed by atoms with E-state index in [0.717, 1.165) is 22.4 Å². The number of carbonyl (C=O) groups excluding carboxylic acids is 2. The van der Waals surface area contributed by atoms with E-state index in [1.54, 1.807) is 29.2 Å². The molecule has 0 radical (unpaired) electrons. The molecule has 3 rings (SSSR count). The molecule has 124 valence electrons. The summed E-state index contributed by atoms with van der Waals surface area (Å²) in [6, 6.07) is 10.7. The van der Waals surface area contributed by atoms with Crippen molar-refractivity contribution in [3.05, 3.63) is 58.7 Å². The summed E-state index contributed by atoms with van der Waals surface area (Å²) in [6.45, 7) is 7.17. The van der Waals surface area contributed by atoms with Crippen LogP contribution in [0.4, 0.5) is 10.5 Å². The number of benzene rings is 2. The van der Waals surface area contributed by atoms with E-state index in [-0.39, 0.29) is 6.03 Å². The van der Waals surface area contributed by atoms with Crippen LogP contribution in [0.2, 0.25) is 0 Å². The van der Waals surface area contributed by atoms with Gasteiger partial charge in [-0.3, -0.25) is 4.90 Å². The minimum absolute atomic E-state index is 0.115. The van der Waals surface area contributed by atoms with Gasteiger partial charge in [-0.25, -0.2) is 9.59 Å². The van der Waals surface area contributed by atoms with Gasteiger partial charge in [0.15, 0.2) is 0 Å². The minimum atomic E-state index is -0.402. The Bertz CT molecular complexity index is 797. The van der Waals surface area contributed by atoms with Crippen LogP contribution in [0.15, 0.2) is 36.4 Å². The van der Waals surface area contributed by atoms with Crippen molar-refractivity contribution in [2.45, 2.75) is 20.8 Å². The van der Waals surface area contributed by atoms with Crippen LogP contribution in [0.3, 0.4) is 0 Å². The van der Waals surface area contributed by atoms with Crippen LogP contribution in [0, 0.1) is 20.8 Å². The molecule has 2 aromatic carbocycles. The zero-order valence-corrected chi connectivity index (χ0v) is 14.1. The van der Waals surface area contributed by atoms with Gasteiger partial charge in [-0.1, -0.05) is 6.07 Å². The molecule has 1 fully saturated rings. The average molecular weight is 324 g/mol. The van der Waals surface area contributed by atoms with Crippen LogP contribution in [-0.2, 0) is 0 Å². The number of esters is 1. The van der Waals surface area contributed by atoms with Crippen molar-refractivity contribution in [3.63, 3.8) is 0 Å². The first-order valence-electron chi connectivity index (χ1n) is 7.91. The summed E-state index contributed by atoms with van der Waals surface area (Å²) in [5, 5.41) is 2.75. The third kappa shape index (κ3) is 3.11.